The molecule has 0 radical (unpaired) electrons. The maximum absolute atomic E-state index is 10.5. The quantitative estimate of drug-likeness (QED) is 0.252. The Kier molecular flexibility index (Phi) is 11.8. The maximum Gasteiger partial charge on any atom is 0.235 e. The zero-order valence-electron chi connectivity index (χ0n) is 18.9. The zero-order valence-corrected chi connectivity index (χ0v) is 18.9. The Bertz CT molecular complexity index is 1090. The Morgan fingerprint density at radius 2 is 0.657 bits per heavy atom. The second-order valence-corrected chi connectivity index (χ2v) is 7.01. The van der Waals surface area contributed by atoms with Crippen molar-refractivity contribution >= 4 is 18.2 Å². The molecule has 4 aromatic carbocycles. The van der Waals surface area contributed by atoms with E-state index in [1.165, 1.54) is 6.01 Å². The summed E-state index contributed by atoms with van der Waals surface area (Å²) >= 11 is 0. The Hall–Kier alpha value is -4.98. The minimum absolute atomic E-state index is 0.250. The van der Waals surface area contributed by atoms with Crippen molar-refractivity contribution < 1.29 is 9.59 Å². The highest BCUT2D eigenvalue weighted by Gasteiger charge is 2.12. The number of aliphatic imine (C=N–C) groups is 2. The van der Waals surface area contributed by atoms with E-state index in [4.69, 9.17) is 10.8 Å². The predicted octanol–water partition coefficient (Wildman–Crippen LogP) is 6.54. The normalized spacial score (nSPS) is 9.20. The first kappa shape index (κ1) is 26.3. The molecule has 4 aromatic rings. The van der Waals surface area contributed by atoms with Crippen LogP contribution in [0.1, 0.15) is 34.3 Å². The molecule has 0 heterocycles. The van der Waals surface area contributed by atoms with E-state index in [1.54, 1.807) is 12.2 Å². The van der Waals surface area contributed by atoms with E-state index in [1.807, 2.05) is 121 Å². The fourth-order valence-corrected chi connectivity index (χ4v) is 3.33. The van der Waals surface area contributed by atoms with Crippen molar-refractivity contribution in [3.63, 3.8) is 0 Å². The number of isocyanates is 2. The van der Waals surface area contributed by atoms with Crippen LogP contribution in [0.4, 0.5) is 0 Å². The molecule has 0 aliphatic heterocycles. The van der Waals surface area contributed by atoms with Gasteiger partial charge in [-0.25, -0.2) is 20.4 Å². The predicted molar refractivity (Wildman–Crippen MR) is 136 cm³/mol. The third-order valence-electron chi connectivity index (χ3n) is 4.82. The second kappa shape index (κ2) is 15.8. The van der Waals surface area contributed by atoms with Crippen LogP contribution < -0.4 is 0 Å². The van der Waals surface area contributed by atoms with Crippen molar-refractivity contribution in [3.8, 4) is 0 Å². The summed E-state index contributed by atoms with van der Waals surface area (Å²) in [6, 6.07) is 39.7. The van der Waals surface area contributed by atoms with Crippen molar-refractivity contribution in [1.29, 1.82) is 10.8 Å². The van der Waals surface area contributed by atoms with Gasteiger partial charge in [0.25, 0.3) is 0 Å². The van der Waals surface area contributed by atoms with E-state index in [-0.39, 0.29) is 12.1 Å². The monoisotopic (exact) mass is 460 g/mol. The van der Waals surface area contributed by atoms with Crippen LogP contribution in [-0.4, -0.2) is 18.2 Å². The highest BCUT2D eigenvalue weighted by molar-refractivity contribution is 5.41. The Balaban J connectivity index is 0.000000222. The lowest BCUT2D eigenvalue weighted by molar-refractivity contribution is 0.560. The molecule has 35 heavy (non-hydrogen) atoms. The van der Waals surface area contributed by atoms with Crippen molar-refractivity contribution in [1.82, 2.24) is 0 Å². The molecule has 0 bridgehead atoms. The van der Waals surface area contributed by atoms with Crippen LogP contribution >= 0.6 is 0 Å². The first-order chi connectivity index (χ1) is 17.2. The summed E-state index contributed by atoms with van der Waals surface area (Å²) in [7, 11) is 0. The lowest BCUT2D eigenvalue weighted by Gasteiger charge is -2.10. The van der Waals surface area contributed by atoms with Crippen molar-refractivity contribution in [2.24, 2.45) is 9.98 Å². The van der Waals surface area contributed by atoms with Gasteiger partial charge in [-0.3, -0.25) is 0 Å². The minimum Gasteiger partial charge on any atom is -0.242 e. The third-order valence-corrected chi connectivity index (χ3v) is 4.82. The van der Waals surface area contributed by atoms with E-state index < -0.39 is 0 Å². The molecule has 0 atom stereocenters. The summed E-state index contributed by atoms with van der Waals surface area (Å²) in [5.41, 5.74) is 3.99. The molecule has 172 valence electrons. The molecule has 0 aliphatic rings. The van der Waals surface area contributed by atoms with Crippen molar-refractivity contribution in [2.75, 3.05) is 0 Å². The average molecular weight is 461 g/mol. The lowest BCUT2D eigenvalue weighted by atomic mass is 10.00. The summed E-state index contributed by atoms with van der Waals surface area (Å²) < 4.78 is 0. The van der Waals surface area contributed by atoms with E-state index >= 15 is 0 Å². The van der Waals surface area contributed by atoms with Gasteiger partial charge < -0.3 is 0 Å². The highest BCUT2D eigenvalue weighted by atomic mass is 16.1. The average Bonchev–Trinajstić information content (AvgIpc) is 2.93. The number of benzene rings is 4. The number of hydrogen-bond acceptors (Lipinski definition) is 6. The Labute approximate surface area is 204 Å². The first-order valence-corrected chi connectivity index (χ1v) is 10.7. The van der Waals surface area contributed by atoms with E-state index in [0.29, 0.717) is 0 Å². The highest BCUT2D eigenvalue weighted by Crippen LogP contribution is 2.25. The number of nitrogens with zero attached hydrogens (tertiary/aromatic N) is 2. The zero-order chi connectivity index (χ0) is 25.1. The van der Waals surface area contributed by atoms with Gasteiger partial charge in [0.05, 0.1) is 6.01 Å². The van der Waals surface area contributed by atoms with Crippen molar-refractivity contribution in [3.05, 3.63) is 144 Å². The van der Waals surface area contributed by atoms with Gasteiger partial charge in [-0.1, -0.05) is 121 Å². The molecule has 2 N–H and O–H groups in total. The Morgan fingerprint density at radius 3 is 0.829 bits per heavy atom. The van der Waals surface area contributed by atoms with Gasteiger partial charge in [0.2, 0.25) is 12.2 Å². The smallest absolute Gasteiger partial charge is 0.235 e. The molecule has 4 rings (SSSR count). The van der Waals surface area contributed by atoms with Crippen LogP contribution in [0.2, 0.25) is 0 Å². The second-order valence-electron chi connectivity index (χ2n) is 7.01. The van der Waals surface area contributed by atoms with Crippen LogP contribution in [0.15, 0.2) is 131 Å². The topological polar surface area (TPSA) is 107 Å². The number of hydrogen-bond donors (Lipinski definition) is 2. The summed E-state index contributed by atoms with van der Waals surface area (Å²) in [4.78, 5) is 28.7. The minimum atomic E-state index is -0.250. The van der Waals surface area contributed by atoms with E-state index in [0.717, 1.165) is 22.3 Å². The fourth-order valence-electron chi connectivity index (χ4n) is 3.33. The van der Waals surface area contributed by atoms with Crippen LogP contribution in [0.25, 0.3) is 0 Å². The van der Waals surface area contributed by atoms with Gasteiger partial charge in [-0.2, -0.15) is 9.98 Å². The molecule has 0 saturated carbocycles. The number of nitrogens with one attached hydrogen (secondary N) is 2. The maximum atomic E-state index is 10.5. The largest absolute Gasteiger partial charge is 0.242 e. The molecule has 0 unspecified atom stereocenters. The lowest BCUT2D eigenvalue weighted by Crippen LogP contribution is -1.96. The summed E-state index contributed by atoms with van der Waals surface area (Å²) in [6.07, 6.45) is 3.28. The fraction of sp³-hybridized carbons (Fsp3) is 0.0690. The molecule has 0 aliphatic carbocycles. The number of carbonyl (C=O) groups excluding carboxylic acids is 2. The van der Waals surface area contributed by atoms with Gasteiger partial charge in [0.1, 0.15) is 12.1 Å². The Morgan fingerprint density at radius 1 is 0.457 bits per heavy atom. The molecular formula is C29H24N4O2. The first-order valence-electron chi connectivity index (χ1n) is 10.7. The SMILES string of the molecule is N=C=N.O=C=NC(c1ccccc1)c1ccccc1.O=C=NC(c1ccccc1)c1ccccc1. The summed E-state index contributed by atoms with van der Waals surface area (Å²) in [5.74, 6) is 0. The van der Waals surface area contributed by atoms with E-state index in [2.05, 4.69) is 9.98 Å². The van der Waals surface area contributed by atoms with E-state index in [9.17, 15) is 9.59 Å². The van der Waals surface area contributed by atoms with Gasteiger partial charge in [0, 0.05) is 0 Å². The summed E-state index contributed by atoms with van der Waals surface area (Å²) in [6.45, 7) is 0. The van der Waals surface area contributed by atoms with Crippen LogP contribution in [0, 0.1) is 10.8 Å². The molecular weight excluding hydrogens is 436 g/mol. The molecule has 0 spiro atoms. The molecule has 6 nitrogen and oxygen atoms in total. The van der Waals surface area contributed by atoms with Gasteiger partial charge >= 0.3 is 0 Å². The van der Waals surface area contributed by atoms with Gasteiger partial charge in [-0.05, 0) is 22.3 Å². The van der Waals surface area contributed by atoms with Crippen molar-refractivity contribution in [2.45, 2.75) is 12.1 Å². The molecule has 0 aromatic heterocycles. The van der Waals surface area contributed by atoms with Crippen LogP contribution in [0.5, 0.6) is 0 Å². The van der Waals surface area contributed by atoms with Gasteiger partial charge in [-0.15, -0.1) is 0 Å². The molecule has 6 heteroatoms. The standard InChI is InChI=1S/2C14H11NO.CH2N2/c2*16-11-15-14(12-7-3-1-4-8-12)13-9-5-2-6-10-13;2-1-3/h2*1-10,14H;2-3H. The molecule has 0 saturated heterocycles. The molecule has 0 amide bonds. The van der Waals surface area contributed by atoms with Gasteiger partial charge in [0.15, 0.2) is 0 Å². The molecule has 0 fully saturated rings. The van der Waals surface area contributed by atoms with Crippen LogP contribution in [-0.2, 0) is 9.59 Å². The third kappa shape index (κ3) is 8.82. The van der Waals surface area contributed by atoms with Crippen LogP contribution in [0.3, 0.4) is 0 Å². The number of rotatable bonds is 6. The summed E-state index contributed by atoms with van der Waals surface area (Å²) in [5, 5.41) is 11.2.